The van der Waals surface area contributed by atoms with Crippen LogP contribution in [0.1, 0.15) is 39.1 Å². The van der Waals surface area contributed by atoms with Crippen LogP contribution in [0.25, 0.3) is 0 Å². The summed E-state index contributed by atoms with van der Waals surface area (Å²) in [6.45, 7) is 9.64. The molecule has 1 saturated heterocycles. The Bertz CT molecular complexity index is 986. The molecular weight excluding hydrogens is 388 g/mol. The second-order valence-corrected chi connectivity index (χ2v) is 8.49. The van der Waals surface area contributed by atoms with Gasteiger partial charge in [-0.1, -0.05) is 30.3 Å². The van der Waals surface area contributed by atoms with Crippen molar-refractivity contribution in [1.29, 1.82) is 0 Å². The van der Waals surface area contributed by atoms with Crippen LogP contribution in [-0.4, -0.2) is 60.0 Å². The summed E-state index contributed by atoms with van der Waals surface area (Å²) in [5.74, 6) is 0.854. The van der Waals surface area contributed by atoms with Crippen LogP contribution in [-0.2, 0) is 6.54 Å². The number of carbonyl (C=O) groups is 1. The summed E-state index contributed by atoms with van der Waals surface area (Å²) in [7, 11) is 2.16. The van der Waals surface area contributed by atoms with E-state index in [4.69, 9.17) is 4.42 Å². The average molecular weight is 421 g/mol. The van der Waals surface area contributed by atoms with Gasteiger partial charge in [-0.05, 0) is 44.7 Å². The first-order valence-electron chi connectivity index (χ1n) is 11.0. The number of hydrogen-bond donors (Lipinski definition) is 1. The molecule has 164 valence electrons. The van der Waals surface area contributed by atoms with Crippen LogP contribution in [0.2, 0.25) is 0 Å². The van der Waals surface area contributed by atoms with E-state index in [-0.39, 0.29) is 11.9 Å². The van der Waals surface area contributed by atoms with E-state index in [1.54, 1.807) is 6.26 Å². The summed E-state index contributed by atoms with van der Waals surface area (Å²) in [6, 6.07) is 16.1. The summed E-state index contributed by atoms with van der Waals surface area (Å²) in [6.07, 6.45) is 1.68. The van der Waals surface area contributed by atoms with Crippen LogP contribution in [0.15, 0.2) is 59.2 Å². The fraction of sp³-hybridized carbons (Fsp3) is 0.400. The van der Waals surface area contributed by atoms with Gasteiger partial charge in [0.2, 0.25) is 0 Å². The average Bonchev–Trinajstić information content (AvgIpc) is 3.39. The third-order valence-electron chi connectivity index (χ3n) is 6.26. The first-order chi connectivity index (χ1) is 15.0. The molecule has 1 aliphatic rings. The zero-order valence-corrected chi connectivity index (χ0v) is 18.7. The number of benzene rings is 1. The quantitative estimate of drug-likeness (QED) is 0.636. The number of carbonyl (C=O) groups excluding carboxylic acids is 1. The molecule has 2 aromatic heterocycles. The third kappa shape index (κ3) is 5.09. The van der Waals surface area contributed by atoms with Crippen LogP contribution in [0.3, 0.4) is 0 Å². The third-order valence-corrected chi connectivity index (χ3v) is 6.26. The molecule has 0 aliphatic carbocycles. The van der Waals surface area contributed by atoms with Crippen molar-refractivity contribution in [2.24, 2.45) is 0 Å². The summed E-state index contributed by atoms with van der Waals surface area (Å²) >= 11 is 0. The number of piperazine rings is 1. The molecule has 1 amide bonds. The molecule has 1 unspecified atom stereocenters. The van der Waals surface area contributed by atoms with Crippen LogP contribution < -0.4 is 5.32 Å². The Morgan fingerprint density at radius 3 is 2.48 bits per heavy atom. The van der Waals surface area contributed by atoms with Gasteiger partial charge < -0.3 is 19.2 Å². The highest BCUT2D eigenvalue weighted by Gasteiger charge is 2.23. The van der Waals surface area contributed by atoms with E-state index in [1.807, 2.05) is 50.2 Å². The predicted octanol–water partition coefficient (Wildman–Crippen LogP) is 3.46. The molecule has 6 nitrogen and oxygen atoms in total. The molecule has 3 heterocycles. The first kappa shape index (κ1) is 21.4. The smallest absolute Gasteiger partial charge is 0.253 e. The fourth-order valence-electron chi connectivity index (χ4n) is 4.28. The van der Waals surface area contributed by atoms with Crippen molar-refractivity contribution < 1.29 is 9.21 Å². The van der Waals surface area contributed by atoms with Gasteiger partial charge >= 0.3 is 0 Å². The Balaban J connectivity index is 1.52. The summed E-state index contributed by atoms with van der Waals surface area (Å²) < 4.78 is 7.63. The summed E-state index contributed by atoms with van der Waals surface area (Å²) in [5.41, 5.74) is 3.87. The van der Waals surface area contributed by atoms with Gasteiger partial charge in [0, 0.05) is 44.1 Å². The van der Waals surface area contributed by atoms with E-state index in [9.17, 15) is 4.79 Å². The zero-order chi connectivity index (χ0) is 21.8. The first-order valence-corrected chi connectivity index (χ1v) is 11.0. The van der Waals surface area contributed by atoms with Crippen molar-refractivity contribution in [2.45, 2.75) is 26.4 Å². The van der Waals surface area contributed by atoms with Crippen LogP contribution in [0, 0.1) is 13.8 Å². The number of furan rings is 1. The van der Waals surface area contributed by atoms with Gasteiger partial charge in [0.05, 0.1) is 24.4 Å². The minimum Gasteiger partial charge on any atom is -0.467 e. The standard InChI is InChI=1S/C25H32N4O2/c1-19-16-23(20(2)29(19)17-22-10-7-15-31-22)25(30)26-24(21-8-5-4-6-9-21)18-28-13-11-27(3)12-14-28/h4-10,15-16,24H,11-14,17-18H2,1-3H3,(H,26,30). The number of nitrogens with one attached hydrogen (secondary N) is 1. The molecule has 1 N–H and O–H groups in total. The van der Waals surface area contributed by atoms with E-state index in [2.05, 4.69) is 38.9 Å². The van der Waals surface area contributed by atoms with Crippen LogP contribution >= 0.6 is 0 Å². The monoisotopic (exact) mass is 420 g/mol. The van der Waals surface area contributed by atoms with Gasteiger partial charge in [0.15, 0.2) is 0 Å². The van der Waals surface area contributed by atoms with Gasteiger partial charge in [0.1, 0.15) is 5.76 Å². The molecule has 1 fully saturated rings. The number of amides is 1. The second kappa shape index (κ2) is 9.54. The maximum atomic E-state index is 13.3. The van der Waals surface area contributed by atoms with E-state index in [0.717, 1.165) is 61.0 Å². The molecule has 0 spiro atoms. The molecule has 0 radical (unpaired) electrons. The lowest BCUT2D eigenvalue weighted by Gasteiger charge is -2.35. The highest BCUT2D eigenvalue weighted by Crippen LogP contribution is 2.20. The van der Waals surface area contributed by atoms with E-state index in [1.165, 1.54) is 0 Å². The summed E-state index contributed by atoms with van der Waals surface area (Å²) in [5, 5.41) is 3.32. The molecular formula is C25H32N4O2. The maximum Gasteiger partial charge on any atom is 0.253 e. The van der Waals surface area contributed by atoms with Gasteiger partial charge in [-0.15, -0.1) is 0 Å². The second-order valence-electron chi connectivity index (χ2n) is 8.49. The number of aromatic nitrogens is 1. The molecule has 31 heavy (non-hydrogen) atoms. The number of nitrogens with zero attached hydrogens (tertiary/aromatic N) is 3. The number of hydrogen-bond acceptors (Lipinski definition) is 4. The molecule has 1 atom stereocenters. The van der Waals surface area contributed by atoms with Gasteiger partial charge in [-0.25, -0.2) is 0 Å². The molecule has 1 aliphatic heterocycles. The van der Waals surface area contributed by atoms with Crippen molar-refractivity contribution in [3.8, 4) is 0 Å². The Labute approximate surface area is 184 Å². The largest absolute Gasteiger partial charge is 0.467 e. The molecule has 0 saturated carbocycles. The minimum absolute atomic E-state index is 0.0261. The van der Waals surface area contributed by atoms with Crippen molar-refractivity contribution in [2.75, 3.05) is 39.8 Å². The molecule has 6 heteroatoms. The molecule has 4 rings (SSSR count). The van der Waals surface area contributed by atoms with Crippen molar-refractivity contribution >= 4 is 5.91 Å². The topological polar surface area (TPSA) is 53.7 Å². The SMILES string of the molecule is Cc1cc(C(=O)NC(CN2CCN(C)CC2)c2ccccc2)c(C)n1Cc1ccco1. The lowest BCUT2D eigenvalue weighted by molar-refractivity contribution is 0.0906. The molecule has 1 aromatic carbocycles. The van der Waals surface area contributed by atoms with Crippen LogP contribution in [0.5, 0.6) is 0 Å². The van der Waals surface area contributed by atoms with E-state index >= 15 is 0 Å². The van der Waals surface area contributed by atoms with Gasteiger partial charge in [-0.3, -0.25) is 9.69 Å². The highest BCUT2D eigenvalue weighted by atomic mass is 16.3. The molecule has 3 aromatic rings. The van der Waals surface area contributed by atoms with Crippen LogP contribution in [0.4, 0.5) is 0 Å². The van der Waals surface area contributed by atoms with Crippen molar-refractivity contribution in [3.05, 3.63) is 83.1 Å². The van der Waals surface area contributed by atoms with E-state index in [0.29, 0.717) is 6.54 Å². The van der Waals surface area contributed by atoms with Gasteiger partial charge in [0.25, 0.3) is 5.91 Å². The van der Waals surface area contributed by atoms with Crippen molar-refractivity contribution in [3.63, 3.8) is 0 Å². The normalized spacial score (nSPS) is 16.4. The lowest BCUT2D eigenvalue weighted by atomic mass is 10.0. The number of rotatable bonds is 7. The molecule has 0 bridgehead atoms. The highest BCUT2D eigenvalue weighted by molar-refractivity contribution is 5.96. The Morgan fingerprint density at radius 1 is 1.06 bits per heavy atom. The minimum atomic E-state index is -0.0507. The van der Waals surface area contributed by atoms with Gasteiger partial charge in [-0.2, -0.15) is 0 Å². The van der Waals surface area contributed by atoms with E-state index < -0.39 is 0 Å². The Kier molecular flexibility index (Phi) is 6.59. The number of likely N-dealkylation sites (N-methyl/N-ethyl adjacent to an activating group) is 1. The Hall–Kier alpha value is -2.83. The van der Waals surface area contributed by atoms with Crippen molar-refractivity contribution in [1.82, 2.24) is 19.7 Å². The maximum absolute atomic E-state index is 13.3. The zero-order valence-electron chi connectivity index (χ0n) is 18.7. The lowest BCUT2D eigenvalue weighted by Crippen LogP contribution is -2.47. The number of aryl methyl sites for hydroxylation is 1. The fourth-order valence-corrected chi connectivity index (χ4v) is 4.28. The Morgan fingerprint density at radius 2 is 1.81 bits per heavy atom. The predicted molar refractivity (Wildman–Crippen MR) is 122 cm³/mol. The summed E-state index contributed by atoms with van der Waals surface area (Å²) in [4.78, 5) is 18.1.